The number of nitrogens with zero attached hydrogens (tertiary/aromatic N) is 3. The number of rotatable bonds is 3. The van der Waals surface area contributed by atoms with E-state index in [0.29, 0.717) is 18.8 Å². The van der Waals surface area contributed by atoms with Crippen molar-refractivity contribution in [1.82, 2.24) is 13.9 Å². The highest BCUT2D eigenvalue weighted by atomic mass is 32.2. The number of nitrogens with two attached hydrogens (primary N) is 1. The molecule has 0 aromatic carbocycles. The first-order chi connectivity index (χ1) is 8.84. The smallest absolute Gasteiger partial charge is 0.262 e. The first kappa shape index (κ1) is 14.0. The molecule has 1 saturated heterocycles. The number of amidine groups is 1. The zero-order valence-electron chi connectivity index (χ0n) is 11.1. The summed E-state index contributed by atoms with van der Waals surface area (Å²) in [5.74, 6) is 0.533. The van der Waals surface area contributed by atoms with E-state index in [9.17, 15) is 8.42 Å². The molecule has 1 unspecified atom stereocenters. The molecule has 0 bridgehead atoms. The van der Waals surface area contributed by atoms with E-state index >= 15 is 0 Å². The molecule has 1 aromatic heterocycles. The van der Waals surface area contributed by atoms with E-state index in [0.717, 1.165) is 12.8 Å². The largest absolute Gasteiger partial charge is 0.386 e. The topological polar surface area (TPSA) is 105 Å². The van der Waals surface area contributed by atoms with Crippen molar-refractivity contribution < 1.29 is 8.42 Å². The number of piperidine rings is 1. The maximum Gasteiger partial charge on any atom is 0.262 e. The molecule has 1 aromatic rings. The van der Waals surface area contributed by atoms with E-state index in [4.69, 9.17) is 11.1 Å². The van der Waals surface area contributed by atoms with Gasteiger partial charge in [0.2, 0.25) is 0 Å². The Bertz CT molecular complexity index is 573. The maximum atomic E-state index is 12.6. The molecule has 0 saturated carbocycles. The molecule has 1 aliphatic heterocycles. The monoisotopic (exact) mass is 285 g/mol. The van der Waals surface area contributed by atoms with Crippen molar-refractivity contribution in [1.29, 1.82) is 5.41 Å². The molecule has 1 fully saturated rings. The molecule has 19 heavy (non-hydrogen) atoms. The van der Waals surface area contributed by atoms with Crippen LogP contribution in [0, 0.1) is 12.3 Å². The summed E-state index contributed by atoms with van der Waals surface area (Å²) in [7, 11) is -1.93. The normalized spacial score (nSPS) is 21.5. The van der Waals surface area contributed by atoms with Crippen LogP contribution in [0.2, 0.25) is 0 Å². The summed E-state index contributed by atoms with van der Waals surface area (Å²) in [5.41, 5.74) is 5.52. The van der Waals surface area contributed by atoms with Crippen molar-refractivity contribution in [2.45, 2.75) is 37.3 Å². The molecule has 7 nitrogen and oxygen atoms in total. The summed E-state index contributed by atoms with van der Waals surface area (Å²) in [6.45, 7) is 2.14. The van der Waals surface area contributed by atoms with Crippen molar-refractivity contribution in [3.8, 4) is 0 Å². The minimum absolute atomic E-state index is 0.0284. The minimum atomic E-state index is -3.68. The number of hydrogen-bond donors (Lipinski definition) is 2. The van der Waals surface area contributed by atoms with E-state index < -0.39 is 16.1 Å². The first-order valence-electron chi connectivity index (χ1n) is 6.19. The molecular weight excluding hydrogens is 266 g/mol. The fourth-order valence-electron chi connectivity index (χ4n) is 2.27. The zero-order chi connectivity index (χ0) is 14.2. The molecule has 8 heteroatoms. The Kier molecular flexibility index (Phi) is 3.64. The summed E-state index contributed by atoms with van der Waals surface area (Å²) in [5, 5.41) is 7.58. The Morgan fingerprint density at radius 2 is 2.21 bits per heavy atom. The molecule has 0 spiro atoms. The molecule has 3 N–H and O–H groups in total. The maximum absolute atomic E-state index is 12.6. The summed E-state index contributed by atoms with van der Waals surface area (Å²) in [4.78, 5) is 4.07. The highest BCUT2D eigenvalue weighted by Crippen LogP contribution is 2.24. The highest BCUT2D eigenvalue weighted by molar-refractivity contribution is 7.89. The minimum Gasteiger partial charge on any atom is -0.386 e. The van der Waals surface area contributed by atoms with Crippen LogP contribution in [0.4, 0.5) is 0 Å². The second-order valence-corrected chi connectivity index (χ2v) is 6.66. The van der Waals surface area contributed by atoms with Gasteiger partial charge in [0.15, 0.2) is 5.03 Å². The van der Waals surface area contributed by atoms with Crippen LogP contribution in [0.5, 0.6) is 0 Å². The van der Waals surface area contributed by atoms with Crippen molar-refractivity contribution in [2.24, 2.45) is 12.8 Å². The van der Waals surface area contributed by atoms with Crippen LogP contribution in [0.3, 0.4) is 0 Å². The third-order valence-corrected chi connectivity index (χ3v) is 5.25. The average Bonchev–Trinajstić information content (AvgIpc) is 2.70. The van der Waals surface area contributed by atoms with Crippen molar-refractivity contribution in [3.63, 3.8) is 0 Å². The van der Waals surface area contributed by atoms with Gasteiger partial charge in [-0.2, -0.15) is 4.31 Å². The van der Waals surface area contributed by atoms with Gasteiger partial charge in [-0.15, -0.1) is 0 Å². The van der Waals surface area contributed by atoms with Gasteiger partial charge >= 0.3 is 0 Å². The van der Waals surface area contributed by atoms with Crippen LogP contribution in [0.25, 0.3) is 0 Å². The standard InChI is InChI=1S/C11H19N5O2S/c1-8-14-10(7-15(8)2)19(17,18)16-6-4-3-5-9(16)11(12)13/h7,9H,3-6H2,1-2H3,(H3,12,13). The third kappa shape index (κ3) is 2.50. The zero-order valence-corrected chi connectivity index (χ0v) is 11.9. The van der Waals surface area contributed by atoms with Gasteiger partial charge in [-0.3, -0.25) is 5.41 Å². The van der Waals surface area contributed by atoms with E-state index in [-0.39, 0.29) is 10.9 Å². The molecule has 1 atom stereocenters. The Labute approximate surface area is 113 Å². The third-order valence-electron chi connectivity index (χ3n) is 3.47. The van der Waals surface area contributed by atoms with Crippen molar-refractivity contribution in [2.75, 3.05) is 6.54 Å². The van der Waals surface area contributed by atoms with Gasteiger partial charge in [-0.1, -0.05) is 6.42 Å². The fraction of sp³-hybridized carbons (Fsp3) is 0.636. The summed E-state index contributed by atoms with van der Waals surface area (Å²) in [6, 6.07) is -0.541. The Morgan fingerprint density at radius 1 is 1.53 bits per heavy atom. The predicted molar refractivity (Wildman–Crippen MR) is 71.4 cm³/mol. The van der Waals surface area contributed by atoms with Gasteiger partial charge < -0.3 is 10.3 Å². The van der Waals surface area contributed by atoms with Gasteiger partial charge in [0.1, 0.15) is 11.7 Å². The molecular formula is C11H19N5O2S. The Morgan fingerprint density at radius 3 is 2.74 bits per heavy atom. The van der Waals surface area contributed by atoms with Crippen LogP contribution in [-0.2, 0) is 17.1 Å². The van der Waals surface area contributed by atoms with E-state index in [1.807, 2.05) is 0 Å². The van der Waals surface area contributed by atoms with Crippen LogP contribution < -0.4 is 5.73 Å². The number of aryl methyl sites for hydroxylation is 2. The molecule has 106 valence electrons. The van der Waals surface area contributed by atoms with E-state index in [1.54, 1.807) is 18.5 Å². The fourth-order valence-corrected chi connectivity index (χ4v) is 3.98. The number of sulfonamides is 1. The molecule has 2 heterocycles. The lowest BCUT2D eigenvalue weighted by Crippen LogP contribution is -2.50. The van der Waals surface area contributed by atoms with Gasteiger partial charge in [-0.05, 0) is 19.8 Å². The molecule has 0 aliphatic carbocycles. The lowest BCUT2D eigenvalue weighted by atomic mass is 10.0. The van der Waals surface area contributed by atoms with Crippen molar-refractivity contribution in [3.05, 3.63) is 12.0 Å². The van der Waals surface area contributed by atoms with Crippen LogP contribution in [-0.4, -0.2) is 40.7 Å². The Balaban J connectivity index is 2.39. The van der Waals surface area contributed by atoms with Crippen LogP contribution >= 0.6 is 0 Å². The first-order valence-corrected chi connectivity index (χ1v) is 7.64. The lowest BCUT2D eigenvalue weighted by molar-refractivity contribution is 0.303. The van der Waals surface area contributed by atoms with Crippen LogP contribution in [0.1, 0.15) is 25.1 Å². The number of aromatic nitrogens is 2. The lowest BCUT2D eigenvalue weighted by Gasteiger charge is -2.33. The quantitative estimate of drug-likeness (QED) is 0.611. The summed E-state index contributed by atoms with van der Waals surface area (Å²) in [6.07, 6.45) is 3.77. The van der Waals surface area contributed by atoms with E-state index in [1.165, 1.54) is 10.5 Å². The molecule has 0 radical (unpaired) electrons. The number of imidazole rings is 1. The van der Waals surface area contributed by atoms with E-state index in [2.05, 4.69) is 4.98 Å². The second kappa shape index (κ2) is 4.93. The summed E-state index contributed by atoms with van der Waals surface area (Å²) < 4.78 is 28.1. The van der Waals surface area contributed by atoms with Gasteiger partial charge in [-0.25, -0.2) is 13.4 Å². The van der Waals surface area contributed by atoms with Crippen molar-refractivity contribution >= 4 is 15.9 Å². The predicted octanol–water partition coefficient (Wildman–Crippen LogP) is 0.208. The number of nitrogens with one attached hydrogen (secondary N) is 1. The van der Waals surface area contributed by atoms with Gasteiger partial charge in [0.05, 0.1) is 6.04 Å². The highest BCUT2D eigenvalue weighted by Gasteiger charge is 2.36. The van der Waals surface area contributed by atoms with Gasteiger partial charge in [0, 0.05) is 19.8 Å². The SMILES string of the molecule is Cc1nc(S(=O)(=O)N2CCCCC2C(=N)N)cn1C. The summed E-state index contributed by atoms with van der Waals surface area (Å²) >= 11 is 0. The molecule has 1 aliphatic rings. The molecule has 2 rings (SSSR count). The molecule has 0 amide bonds. The van der Waals surface area contributed by atoms with Gasteiger partial charge in [0.25, 0.3) is 10.0 Å². The average molecular weight is 285 g/mol. The Hall–Kier alpha value is -1.41. The number of hydrogen-bond acceptors (Lipinski definition) is 4. The second-order valence-electron chi connectivity index (χ2n) is 4.82. The van der Waals surface area contributed by atoms with Crippen LogP contribution in [0.15, 0.2) is 11.2 Å².